The SMILES string of the molecule is CCO[Si](CCCN1C=CN(CCc2ccccc2)C1)(OCC)OCC. The summed E-state index contributed by atoms with van der Waals surface area (Å²) >= 11 is 0. The van der Waals surface area contributed by atoms with Gasteiger partial charge < -0.3 is 23.1 Å². The monoisotopic (exact) mass is 378 g/mol. The molecule has 0 amide bonds. The first-order chi connectivity index (χ1) is 12.7. The molecule has 0 N–H and O–H groups in total. The van der Waals surface area contributed by atoms with Crippen molar-refractivity contribution in [3.8, 4) is 0 Å². The second-order valence-corrected chi connectivity index (χ2v) is 9.12. The van der Waals surface area contributed by atoms with Crippen LogP contribution in [0.3, 0.4) is 0 Å². The fraction of sp³-hybridized carbons (Fsp3) is 0.600. The Labute approximate surface area is 159 Å². The van der Waals surface area contributed by atoms with Gasteiger partial charge in [0.05, 0.1) is 6.67 Å². The van der Waals surface area contributed by atoms with Crippen LogP contribution in [0.1, 0.15) is 32.8 Å². The lowest BCUT2D eigenvalue weighted by Gasteiger charge is -2.29. The molecule has 0 aliphatic carbocycles. The highest BCUT2D eigenvalue weighted by Crippen LogP contribution is 2.19. The smallest absolute Gasteiger partial charge is 0.374 e. The van der Waals surface area contributed by atoms with E-state index in [1.807, 2.05) is 20.8 Å². The van der Waals surface area contributed by atoms with E-state index in [4.69, 9.17) is 13.3 Å². The third kappa shape index (κ3) is 6.76. The lowest BCUT2D eigenvalue weighted by molar-refractivity contribution is 0.0701. The molecule has 0 saturated heterocycles. The summed E-state index contributed by atoms with van der Waals surface area (Å²) < 4.78 is 17.8. The van der Waals surface area contributed by atoms with Gasteiger partial charge in [-0.1, -0.05) is 30.3 Å². The summed E-state index contributed by atoms with van der Waals surface area (Å²) in [7, 11) is -2.51. The van der Waals surface area contributed by atoms with Crippen molar-refractivity contribution in [1.82, 2.24) is 9.80 Å². The Kier molecular flexibility index (Phi) is 9.18. The largest absolute Gasteiger partial charge is 0.500 e. The Morgan fingerprint density at radius 3 is 2.00 bits per heavy atom. The normalized spacial score (nSPS) is 14.4. The molecule has 0 fully saturated rings. The average molecular weight is 379 g/mol. The average Bonchev–Trinajstić information content (AvgIpc) is 3.09. The zero-order valence-electron chi connectivity index (χ0n) is 16.5. The van der Waals surface area contributed by atoms with Crippen molar-refractivity contribution in [2.45, 2.75) is 39.7 Å². The summed E-state index contributed by atoms with van der Waals surface area (Å²) in [6.07, 6.45) is 6.48. The predicted molar refractivity (Wildman–Crippen MR) is 108 cm³/mol. The van der Waals surface area contributed by atoms with E-state index in [1.165, 1.54) is 5.56 Å². The minimum atomic E-state index is -2.51. The predicted octanol–water partition coefficient (Wildman–Crippen LogP) is 3.71. The summed E-state index contributed by atoms with van der Waals surface area (Å²) in [6.45, 7) is 11.0. The third-order valence-corrected chi connectivity index (χ3v) is 7.55. The Morgan fingerprint density at radius 1 is 0.846 bits per heavy atom. The van der Waals surface area contributed by atoms with Gasteiger partial charge in [-0.3, -0.25) is 0 Å². The first-order valence-electron chi connectivity index (χ1n) is 9.83. The maximum atomic E-state index is 5.93. The summed E-state index contributed by atoms with van der Waals surface area (Å²) in [4.78, 5) is 4.72. The van der Waals surface area contributed by atoms with Gasteiger partial charge in [0.25, 0.3) is 0 Å². The van der Waals surface area contributed by atoms with Crippen LogP contribution in [0.25, 0.3) is 0 Å². The maximum absolute atomic E-state index is 5.93. The quantitative estimate of drug-likeness (QED) is 0.489. The molecule has 0 atom stereocenters. The number of hydrogen-bond donors (Lipinski definition) is 0. The van der Waals surface area contributed by atoms with Gasteiger partial charge in [-0.2, -0.15) is 0 Å². The number of rotatable bonds is 13. The van der Waals surface area contributed by atoms with Crippen molar-refractivity contribution < 1.29 is 13.3 Å². The fourth-order valence-corrected chi connectivity index (χ4v) is 5.82. The second kappa shape index (κ2) is 11.4. The molecule has 5 nitrogen and oxygen atoms in total. The minimum Gasteiger partial charge on any atom is -0.374 e. The first kappa shape index (κ1) is 21.0. The van der Waals surface area contributed by atoms with Crippen LogP contribution in [0.4, 0.5) is 0 Å². The molecular weight excluding hydrogens is 344 g/mol. The number of nitrogens with zero attached hydrogens (tertiary/aromatic N) is 2. The third-order valence-electron chi connectivity index (χ3n) is 4.40. The first-order valence-corrected chi connectivity index (χ1v) is 11.8. The molecule has 0 aromatic heterocycles. The Bertz CT molecular complexity index is 510. The molecule has 6 heteroatoms. The number of benzene rings is 1. The highest BCUT2D eigenvalue weighted by Gasteiger charge is 2.39. The Morgan fingerprint density at radius 2 is 1.42 bits per heavy atom. The van der Waals surface area contributed by atoms with Crippen molar-refractivity contribution in [3.63, 3.8) is 0 Å². The molecule has 0 spiro atoms. The van der Waals surface area contributed by atoms with Crippen molar-refractivity contribution in [1.29, 1.82) is 0 Å². The van der Waals surface area contributed by atoms with Gasteiger partial charge in [0.1, 0.15) is 0 Å². The standard InChI is InChI=1S/C20H34N2O3Si/c1-4-23-26(24-5-2,25-6-3)18-10-14-21-16-17-22(19-21)15-13-20-11-8-7-9-12-20/h7-9,11-12,16-17H,4-6,10,13-15,18-19H2,1-3H3. The molecule has 0 unspecified atom stereocenters. The zero-order chi connectivity index (χ0) is 18.7. The summed E-state index contributed by atoms with van der Waals surface area (Å²) in [5, 5.41) is 0. The van der Waals surface area contributed by atoms with Gasteiger partial charge in [0.15, 0.2) is 0 Å². The van der Waals surface area contributed by atoms with Crippen molar-refractivity contribution in [2.24, 2.45) is 0 Å². The molecule has 0 saturated carbocycles. The summed E-state index contributed by atoms with van der Waals surface area (Å²) in [5.74, 6) is 0. The van der Waals surface area contributed by atoms with E-state index in [-0.39, 0.29) is 0 Å². The summed E-state index contributed by atoms with van der Waals surface area (Å²) in [5.41, 5.74) is 1.39. The topological polar surface area (TPSA) is 34.2 Å². The van der Waals surface area contributed by atoms with E-state index in [2.05, 4.69) is 52.5 Å². The fourth-order valence-electron chi connectivity index (χ4n) is 3.22. The van der Waals surface area contributed by atoms with Gasteiger partial charge in [-0.15, -0.1) is 0 Å². The molecule has 26 heavy (non-hydrogen) atoms. The van der Waals surface area contributed by atoms with E-state index in [0.717, 1.165) is 38.6 Å². The lowest BCUT2D eigenvalue weighted by atomic mass is 10.1. The number of hydrogen-bond acceptors (Lipinski definition) is 5. The Hall–Kier alpha value is -1.34. The van der Waals surface area contributed by atoms with Crippen LogP contribution in [-0.4, -0.2) is 58.2 Å². The van der Waals surface area contributed by atoms with Crippen molar-refractivity contribution >= 4 is 8.80 Å². The van der Waals surface area contributed by atoms with Crippen LogP contribution in [0.2, 0.25) is 6.04 Å². The highest BCUT2D eigenvalue weighted by atomic mass is 28.4. The van der Waals surface area contributed by atoms with Gasteiger partial charge in [0, 0.05) is 51.4 Å². The molecule has 1 aliphatic rings. The van der Waals surface area contributed by atoms with E-state index in [0.29, 0.717) is 19.8 Å². The molecule has 0 radical (unpaired) electrons. The van der Waals surface area contributed by atoms with Gasteiger partial charge in [-0.05, 0) is 39.2 Å². The molecule has 2 rings (SSSR count). The van der Waals surface area contributed by atoms with Crippen molar-refractivity contribution in [2.75, 3.05) is 39.6 Å². The van der Waals surface area contributed by atoms with Crippen LogP contribution in [-0.2, 0) is 19.7 Å². The summed E-state index contributed by atoms with van der Waals surface area (Å²) in [6, 6.07) is 11.5. The maximum Gasteiger partial charge on any atom is 0.500 e. The Balaban J connectivity index is 1.71. The molecule has 1 aliphatic heterocycles. The molecule has 1 aromatic rings. The van der Waals surface area contributed by atoms with Gasteiger partial charge in [-0.25, -0.2) is 0 Å². The molecule has 146 valence electrons. The van der Waals surface area contributed by atoms with Crippen LogP contribution in [0, 0.1) is 0 Å². The minimum absolute atomic E-state index is 0.642. The second-order valence-electron chi connectivity index (χ2n) is 6.39. The lowest BCUT2D eigenvalue weighted by Crippen LogP contribution is -2.46. The van der Waals surface area contributed by atoms with Crippen LogP contribution in [0.15, 0.2) is 42.7 Å². The molecular formula is C20H34N2O3Si. The zero-order valence-corrected chi connectivity index (χ0v) is 17.5. The molecule has 1 heterocycles. The van der Waals surface area contributed by atoms with E-state index in [9.17, 15) is 0 Å². The van der Waals surface area contributed by atoms with Gasteiger partial charge >= 0.3 is 8.80 Å². The van der Waals surface area contributed by atoms with E-state index < -0.39 is 8.80 Å². The molecule has 0 bridgehead atoms. The van der Waals surface area contributed by atoms with Crippen LogP contribution in [0.5, 0.6) is 0 Å². The van der Waals surface area contributed by atoms with Gasteiger partial charge in [0.2, 0.25) is 0 Å². The van der Waals surface area contributed by atoms with E-state index >= 15 is 0 Å². The van der Waals surface area contributed by atoms with Crippen molar-refractivity contribution in [3.05, 3.63) is 48.3 Å². The van der Waals surface area contributed by atoms with Crippen LogP contribution >= 0.6 is 0 Å². The van der Waals surface area contributed by atoms with E-state index in [1.54, 1.807) is 0 Å². The van der Waals surface area contributed by atoms with Crippen LogP contribution < -0.4 is 0 Å². The molecule has 1 aromatic carbocycles. The highest BCUT2D eigenvalue weighted by molar-refractivity contribution is 6.60.